The number of anilines is 1. The van der Waals surface area contributed by atoms with Crippen LogP contribution in [-0.2, 0) is 0 Å². The molecule has 0 aliphatic heterocycles. The lowest BCUT2D eigenvalue weighted by Crippen LogP contribution is -2.36. The number of nitrogens with two attached hydrogens (primary N) is 1. The molecule has 18 heavy (non-hydrogen) atoms. The SMILES string of the molecule is CCN(CCOc1cccc(N)c1)CC(F)(F)F. The molecule has 0 saturated heterocycles. The van der Waals surface area contributed by atoms with E-state index in [1.54, 1.807) is 31.2 Å². The standard InChI is InChI=1S/C12H17F3N2O/c1-2-17(9-12(13,14)15)6-7-18-11-5-3-4-10(16)8-11/h3-5,8H,2,6-7,9,16H2,1H3. The van der Waals surface area contributed by atoms with Crippen molar-refractivity contribution in [1.82, 2.24) is 4.90 Å². The van der Waals surface area contributed by atoms with Gasteiger partial charge >= 0.3 is 6.18 Å². The van der Waals surface area contributed by atoms with E-state index < -0.39 is 12.7 Å². The van der Waals surface area contributed by atoms with Crippen LogP contribution in [0.25, 0.3) is 0 Å². The highest BCUT2D eigenvalue weighted by Gasteiger charge is 2.29. The van der Waals surface area contributed by atoms with Gasteiger partial charge in [0.2, 0.25) is 0 Å². The highest BCUT2D eigenvalue weighted by Crippen LogP contribution is 2.17. The molecular formula is C12H17F3N2O. The summed E-state index contributed by atoms with van der Waals surface area (Å²) in [6, 6.07) is 6.81. The van der Waals surface area contributed by atoms with Gasteiger partial charge in [-0.15, -0.1) is 0 Å². The molecule has 0 heterocycles. The Morgan fingerprint density at radius 2 is 2.06 bits per heavy atom. The summed E-state index contributed by atoms with van der Waals surface area (Å²) in [7, 11) is 0. The molecule has 1 aromatic rings. The number of halogens is 3. The van der Waals surface area contributed by atoms with Gasteiger partial charge in [0.05, 0.1) is 6.54 Å². The zero-order valence-electron chi connectivity index (χ0n) is 10.2. The van der Waals surface area contributed by atoms with Crippen LogP contribution in [0.5, 0.6) is 5.75 Å². The number of ether oxygens (including phenoxy) is 1. The topological polar surface area (TPSA) is 38.5 Å². The second kappa shape index (κ2) is 6.49. The molecule has 1 aromatic carbocycles. The van der Waals surface area contributed by atoms with Crippen LogP contribution in [0.3, 0.4) is 0 Å². The van der Waals surface area contributed by atoms with Crippen molar-refractivity contribution in [3.05, 3.63) is 24.3 Å². The maximum atomic E-state index is 12.2. The fraction of sp³-hybridized carbons (Fsp3) is 0.500. The van der Waals surface area contributed by atoms with Crippen LogP contribution in [0.2, 0.25) is 0 Å². The van der Waals surface area contributed by atoms with Gasteiger partial charge in [-0.25, -0.2) is 0 Å². The Hall–Kier alpha value is -1.43. The normalized spacial score (nSPS) is 11.8. The molecule has 0 spiro atoms. The van der Waals surface area contributed by atoms with Crippen molar-refractivity contribution >= 4 is 5.69 Å². The van der Waals surface area contributed by atoms with E-state index in [2.05, 4.69) is 0 Å². The molecule has 102 valence electrons. The monoisotopic (exact) mass is 262 g/mol. The summed E-state index contributed by atoms with van der Waals surface area (Å²) < 4.78 is 41.9. The van der Waals surface area contributed by atoms with Crippen molar-refractivity contribution in [2.75, 3.05) is 32.0 Å². The van der Waals surface area contributed by atoms with Gasteiger partial charge in [0.25, 0.3) is 0 Å². The largest absolute Gasteiger partial charge is 0.492 e. The van der Waals surface area contributed by atoms with Crippen molar-refractivity contribution in [3.63, 3.8) is 0 Å². The zero-order valence-corrected chi connectivity index (χ0v) is 10.2. The lowest BCUT2D eigenvalue weighted by Gasteiger charge is -2.21. The van der Waals surface area contributed by atoms with E-state index in [1.807, 2.05) is 0 Å². The summed E-state index contributed by atoms with van der Waals surface area (Å²) in [5.74, 6) is 0.568. The van der Waals surface area contributed by atoms with Crippen LogP contribution in [0.1, 0.15) is 6.92 Å². The van der Waals surface area contributed by atoms with Crippen molar-refractivity contribution in [3.8, 4) is 5.75 Å². The van der Waals surface area contributed by atoms with E-state index in [-0.39, 0.29) is 13.2 Å². The van der Waals surface area contributed by atoms with Gasteiger partial charge in [-0.1, -0.05) is 13.0 Å². The average molecular weight is 262 g/mol. The minimum atomic E-state index is -4.17. The third kappa shape index (κ3) is 5.77. The van der Waals surface area contributed by atoms with Crippen molar-refractivity contribution in [1.29, 1.82) is 0 Å². The van der Waals surface area contributed by atoms with Crippen molar-refractivity contribution < 1.29 is 17.9 Å². The first-order valence-electron chi connectivity index (χ1n) is 5.68. The predicted molar refractivity (Wildman–Crippen MR) is 64.5 cm³/mol. The van der Waals surface area contributed by atoms with E-state index in [0.29, 0.717) is 18.0 Å². The van der Waals surface area contributed by atoms with E-state index in [4.69, 9.17) is 10.5 Å². The summed E-state index contributed by atoms with van der Waals surface area (Å²) >= 11 is 0. The van der Waals surface area contributed by atoms with Gasteiger partial charge in [-0.2, -0.15) is 13.2 Å². The van der Waals surface area contributed by atoms with Gasteiger partial charge in [0.15, 0.2) is 0 Å². The van der Waals surface area contributed by atoms with E-state index in [9.17, 15) is 13.2 Å². The summed E-state index contributed by atoms with van der Waals surface area (Å²) in [4.78, 5) is 1.28. The number of rotatable bonds is 6. The molecule has 0 unspecified atom stereocenters. The van der Waals surface area contributed by atoms with E-state index in [1.165, 1.54) is 4.90 Å². The number of nitrogens with zero attached hydrogens (tertiary/aromatic N) is 1. The summed E-state index contributed by atoms with van der Waals surface area (Å²) in [5.41, 5.74) is 6.13. The summed E-state index contributed by atoms with van der Waals surface area (Å²) in [6.07, 6.45) is -4.17. The second-order valence-corrected chi connectivity index (χ2v) is 3.90. The first-order valence-corrected chi connectivity index (χ1v) is 5.68. The molecule has 2 N–H and O–H groups in total. The van der Waals surface area contributed by atoms with E-state index >= 15 is 0 Å². The van der Waals surface area contributed by atoms with Gasteiger partial charge < -0.3 is 10.5 Å². The van der Waals surface area contributed by atoms with Crippen LogP contribution in [0, 0.1) is 0 Å². The first kappa shape index (κ1) is 14.6. The highest BCUT2D eigenvalue weighted by atomic mass is 19.4. The Kier molecular flexibility index (Phi) is 5.27. The molecule has 0 aromatic heterocycles. The van der Waals surface area contributed by atoms with Crippen molar-refractivity contribution in [2.45, 2.75) is 13.1 Å². The number of alkyl halides is 3. The molecule has 0 radical (unpaired) electrons. The van der Waals surface area contributed by atoms with Crippen molar-refractivity contribution in [2.24, 2.45) is 0 Å². The minimum absolute atomic E-state index is 0.202. The molecule has 0 amide bonds. The number of likely N-dealkylation sites (N-methyl/N-ethyl adjacent to an activating group) is 1. The van der Waals surface area contributed by atoms with Crippen LogP contribution in [0.15, 0.2) is 24.3 Å². The number of hydrogen-bond acceptors (Lipinski definition) is 3. The minimum Gasteiger partial charge on any atom is -0.492 e. The molecule has 0 bridgehead atoms. The second-order valence-electron chi connectivity index (χ2n) is 3.90. The van der Waals surface area contributed by atoms with Crippen LogP contribution >= 0.6 is 0 Å². The van der Waals surface area contributed by atoms with Gasteiger partial charge in [-0.05, 0) is 18.7 Å². The van der Waals surface area contributed by atoms with Gasteiger partial charge in [-0.3, -0.25) is 4.90 Å². The van der Waals surface area contributed by atoms with Gasteiger partial charge in [0.1, 0.15) is 12.4 Å². The molecule has 1 rings (SSSR count). The number of nitrogen functional groups attached to an aromatic ring is 1. The van der Waals surface area contributed by atoms with Crippen LogP contribution in [0.4, 0.5) is 18.9 Å². The third-order valence-electron chi connectivity index (χ3n) is 2.38. The number of benzene rings is 1. The Morgan fingerprint density at radius 3 is 2.61 bits per heavy atom. The van der Waals surface area contributed by atoms with Crippen LogP contribution < -0.4 is 10.5 Å². The maximum absolute atomic E-state index is 12.2. The van der Waals surface area contributed by atoms with Crippen LogP contribution in [-0.4, -0.2) is 37.3 Å². The van der Waals surface area contributed by atoms with Gasteiger partial charge in [0, 0.05) is 18.3 Å². The third-order valence-corrected chi connectivity index (χ3v) is 2.38. The maximum Gasteiger partial charge on any atom is 0.401 e. The average Bonchev–Trinajstić information content (AvgIpc) is 2.26. The molecule has 6 heteroatoms. The molecular weight excluding hydrogens is 245 g/mol. The molecule has 0 aliphatic rings. The Morgan fingerprint density at radius 1 is 1.33 bits per heavy atom. The Labute approximate surface area is 104 Å². The quantitative estimate of drug-likeness (QED) is 0.801. The molecule has 3 nitrogen and oxygen atoms in total. The number of hydrogen-bond donors (Lipinski definition) is 1. The first-order chi connectivity index (χ1) is 8.40. The van der Waals surface area contributed by atoms with E-state index in [0.717, 1.165) is 0 Å². The predicted octanol–water partition coefficient (Wildman–Crippen LogP) is 2.53. The smallest absolute Gasteiger partial charge is 0.401 e. The molecule has 0 fully saturated rings. The molecule has 0 aliphatic carbocycles. The fourth-order valence-electron chi connectivity index (χ4n) is 1.50. The molecule has 0 saturated carbocycles. The molecule has 0 atom stereocenters. The summed E-state index contributed by atoms with van der Waals surface area (Å²) in [5, 5.41) is 0. The Balaban J connectivity index is 2.35. The lowest BCUT2D eigenvalue weighted by atomic mass is 10.3. The zero-order chi connectivity index (χ0) is 13.6. The highest BCUT2D eigenvalue weighted by molar-refractivity contribution is 5.43. The lowest BCUT2D eigenvalue weighted by molar-refractivity contribution is -0.146. The Bertz CT molecular complexity index is 369. The fourth-order valence-corrected chi connectivity index (χ4v) is 1.50. The summed E-state index contributed by atoms with van der Waals surface area (Å²) in [6.45, 7) is 1.54.